The van der Waals surface area contributed by atoms with Crippen LogP contribution in [0.1, 0.15) is 43.6 Å². The molecule has 20 heavy (non-hydrogen) atoms. The van der Waals surface area contributed by atoms with E-state index < -0.39 is 21.5 Å². The normalized spacial score (nSPS) is 17.1. The molecule has 0 unspecified atom stereocenters. The Morgan fingerprint density at radius 3 is 2.70 bits per heavy atom. The molecule has 1 saturated carbocycles. The third-order valence-electron chi connectivity index (χ3n) is 3.37. The average Bonchev–Trinajstić information content (AvgIpc) is 2.74. The molecule has 1 N–H and O–H groups in total. The van der Waals surface area contributed by atoms with Crippen LogP contribution in [-0.4, -0.2) is 31.3 Å². The van der Waals surface area contributed by atoms with Crippen molar-refractivity contribution >= 4 is 15.7 Å². The monoisotopic (exact) mass is 300 g/mol. The number of hydrogen-bond acceptors (Lipinski definition) is 5. The van der Waals surface area contributed by atoms with Gasteiger partial charge in [-0.05, 0) is 19.8 Å². The Bertz CT molecular complexity index is 559. The van der Waals surface area contributed by atoms with Gasteiger partial charge in [0.05, 0.1) is 11.4 Å². The summed E-state index contributed by atoms with van der Waals surface area (Å²) in [6.07, 6.45) is 5.25. The summed E-state index contributed by atoms with van der Waals surface area (Å²) in [5.41, 5.74) is 0.341. The number of aryl methyl sites for hydroxylation is 1. The lowest BCUT2D eigenvalue weighted by Gasteiger charge is -2.22. The van der Waals surface area contributed by atoms with E-state index in [-0.39, 0.29) is 11.8 Å². The first-order valence-electron chi connectivity index (χ1n) is 6.86. The Kier molecular flexibility index (Phi) is 4.80. The van der Waals surface area contributed by atoms with Gasteiger partial charge in [-0.15, -0.1) is 0 Å². The second-order valence-corrected chi connectivity index (χ2v) is 7.43. The van der Waals surface area contributed by atoms with Gasteiger partial charge in [0.2, 0.25) is 5.91 Å². The highest BCUT2D eigenvalue weighted by molar-refractivity contribution is 7.91. The Labute approximate surface area is 118 Å². The lowest BCUT2D eigenvalue weighted by molar-refractivity contribution is -0.119. The second kappa shape index (κ2) is 6.39. The van der Waals surface area contributed by atoms with E-state index in [0.717, 1.165) is 25.7 Å². The molecular formula is C13H20N2O4S. The molecule has 0 aromatic carbocycles. The number of nitrogens with one attached hydrogen (secondary N) is 1. The van der Waals surface area contributed by atoms with Crippen LogP contribution in [0.25, 0.3) is 0 Å². The highest BCUT2D eigenvalue weighted by atomic mass is 32.2. The average molecular weight is 300 g/mol. The van der Waals surface area contributed by atoms with Gasteiger partial charge < -0.3 is 9.84 Å². The maximum Gasteiger partial charge on any atom is 0.235 e. The summed E-state index contributed by atoms with van der Waals surface area (Å²) >= 11 is 0. The van der Waals surface area contributed by atoms with Crippen LogP contribution >= 0.6 is 0 Å². The topological polar surface area (TPSA) is 89.3 Å². The zero-order valence-corrected chi connectivity index (χ0v) is 12.4. The highest BCUT2D eigenvalue weighted by Gasteiger charge is 2.22. The van der Waals surface area contributed by atoms with Gasteiger partial charge >= 0.3 is 0 Å². The minimum atomic E-state index is -3.51. The summed E-state index contributed by atoms with van der Waals surface area (Å²) in [6.45, 7) is 1.69. The van der Waals surface area contributed by atoms with Crippen LogP contribution in [-0.2, 0) is 20.4 Å². The van der Waals surface area contributed by atoms with Crippen molar-refractivity contribution in [3.05, 3.63) is 17.5 Å². The van der Waals surface area contributed by atoms with E-state index in [1.807, 2.05) is 0 Å². The van der Waals surface area contributed by atoms with Crippen molar-refractivity contribution in [1.82, 2.24) is 10.5 Å². The van der Waals surface area contributed by atoms with Crippen LogP contribution in [0, 0.1) is 6.92 Å². The van der Waals surface area contributed by atoms with Crippen LogP contribution < -0.4 is 5.32 Å². The maximum atomic E-state index is 11.9. The number of nitrogens with zero attached hydrogens (tertiary/aromatic N) is 1. The van der Waals surface area contributed by atoms with Gasteiger partial charge in [0.15, 0.2) is 9.84 Å². The van der Waals surface area contributed by atoms with Gasteiger partial charge in [-0.1, -0.05) is 24.4 Å². The van der Waals surface area contributed by atoms with Gasteiger partial charge in [-0.25, -0.2) is 8.42 Å². The number of amides is 1. The molecule has 0 radical (unpaired) electrons. The summed E-state index contributed by atoms with van der Waals surface area (Å²) in [4.78, 5) is 11.8. The predicted molar refractivity (Wildman–Crippen MR) is 73.7 cm³/mol. The molecule has 112 valence electrons. The van der Waals surface area contributed by atoms with Crippen molar-refractivity contribution in [2.24, 2.45) is 0 Å². The number of aromatic nitrogens is 1. The molecule has 6 nitrogen and oxygen atoms in total. The van der Waals surface area contributed by atoms with Gasteiger partial charge in [0.25, 0.3) is 0 Å². The fourth-order valence-corrected chi connectivity index (χ4v) is 3.65. The molecule has 7 heteroatoms. The summed E-state index contributed by atoms with van der Waals surface area (Å²) in [7, 11) is -3.51. The molecule has 1 aromatic rings. The quantitative estimate of drug-likeness (QED) is 0.886. The molecule has 0 saturated heterocycles. The van der Waals surface area contributed by atoms with E-state index >= 15 is 0 Å². The molecule has 2 rings (SSSR count). The fraction of sp³-hybridized carbons (Fsp3) is 0.692. The van der Waals surface area contributed by atoms with Crippen LogP contribution in [0.2, 0.25) is 0 Å². The van der Waals surface area contributed by atoms with Crippen LogP contribution in [0.4, 0.5) is 0 Å². The summed E-state index contributed by atoms with van der Waals surface area (Å²) < 4.78 is 28.7. The Morgan fingerprint density at radius 2 is 2.10 bits per heavy atom. The minimum Gasteiger partial charge on any atom is -0.361 e. The Hall–Kier alpha value is -1.37. The second-order valence-electron chi connectivity index (χ2n) is 5.36. The third kappa shape index (κ3) is 4.63. The predicted octanol–water partition coefficient (Wildman–Crippen LogP) is 1.35. The van der Waals surface area contributed by atoms with Crippen molar-refractivity contribution < 1.29 is 17.7 Å². The van der Waals surface area contributed by atoms with Crippen LogP contribution in [0.3, 0.4) is 0 Å². The summed E-state index contributed by atoms with van der Waals surface area (Å²) in [6, 6.07) is 1.69. The molecule has 1 heterocycles. The fourth-order valence-electron chi connectivity index (χ4n) is 2.48. The molecule has 1 aliphatic rings. The first-order valence-corrected chi connectivity index (χ1v) is 8.69. The Morgan fingerprint density at radius 1 is 1.40 bits per heavy atom. The lowest BCUT2D eigenvalue weighted by atomic mass is 9.95. The van der Waals surface area contributed by atoms with Crippen molar-refractivity contribution in [2.45, 2.75) is 50.8 Å². The van der Waals surface area contributed by atoms with E-state index in [9.17, 15) is 13.2 Å². The van der Waals surface area contributed by atoms with Crippen molar-refractivity contribution in [1.29, 1.82) is 0 Å². The zero-order valence-electron chi connectivity index (χ0n) is 11.6. The van der Waals surface area contributed by atoms with Gasteiger partial charge in [-0.3, -0.25) is 4.79 Å². The molecule has 1 aliphatic carbocycles. The van der Waals surface area contributed by atoms with Crippen molar-refractivity contribution in [3.8, 4) is 0 Å². The number of hydrogen-bond donors (Lipinski definition) is 1. The van der Waals surface area contributed by atoms with Crippen LogP contribution in [0.5, 0.6) is 0 Å². The van der Waals surface area contributed by atoms with E-state index in [2.05, 4.69) is 10.5 Å². The molecule has 0 aliphatic heterocycles. The SMILES string of the molecule is Cc1cc(CS(=O)(=O)CC(=O)NC2CCCCC2)no1. The first kappa shape index (κ1) is 15.0. The highest BCUT2D eigenvalue weighted by Crippen LogP contribution is 2.17. The molecular weight excluding hydrogens is 280 g/mol. The smallest absolute Gasteiger partial charge is 0.235 e. The van der Waals surface area contributed by atoms with E-state index in [1.54, 1.807) is 13.0 Å². The van der Waals surface area contributed by atoms with Crippen molar-refractivity contribution in [3.63, 3.8) is 0 Å². The van der Waals surface area contributed by atoms with Gasteiger partial charge in [-0.2, -0.15) is 0 Å². The van der Waals surface area contributed by atoms with E-state index in [4.69, 9.17) is 4.52 Å². The molecule has 0 atom stereocenters. The summed E-state index contributed by atoms with van der Waals surface area (Å²) in [5, 5.41) is 6.44. The molecule has 0 bridgehead atoms. The van der Waals surface area contributed by atoms with Gasteiger partial charge in [0.1, 0.15) is 11.5 Å². The standard InChI is InChI=1S/C13H20N2O4S/c1-10-7-12(15-19-10)8-20(17,18)9-13(16)14-11-5-3-2-4-6-11/h7,11H,2-6,8-9H2,1H3,(H,14,16). The third-order valence-corrected chi connectivity index (χ3v) is 4.80. The molecule has 1 amide bonds. The number of carbonyl (C=O) groups is 1. The summed E-state index contributed by atoms with van der Waals surface area (Å²) in [5.74, 6) is -0.614. The van der Waals surface area contributed by atoms with Gasteiger partial charge in [0, 0.05) is 12.1 Å². The van der Waals surface area contributed by atoms with Crippen molar-refractivity contribution in [2.75, 3.05) is 5.75 Å². The largest absolute Gasteiger partial charge is 0.361 e. The lowest BCUT2D eigenvalue weighted by Crippen LogP contribution is -2.39. The Balaban J connectivity index is 1.85. The maximum absolute atomic E-state index is 11.9. The molecule has 1 aromatic heterocycles. The first-order chi connectivity index (χ1) is 9.44. The van der Waals surface area contributed by atoms with E-state index in [1.165, 1.54) is 6.42 Å². The minimum absolute atomic E-state index is 0.126. The molecule has 0 spiro atoms. The zero-order chi connectivity index (χ0) is 14.6. The van der Waals surface area contributed by atoms with Crippen LogP contribution in [0.15, 0.2) is 10.6 Å². The number of rotatable bonds is 5. The molecule has 1 fully saturated rings. The van der Waals surface area contributed by atoms with E-state index in [0.29, 0.717) is 11.5 Å². The number of sulfone groups is 1. The number of carbonyl (C=O) groups excluding carboxylic acids is 1.